The van der Waals surface area contributed by atoms with Crippen LogP contribution in [0.4, 0.5) is 10.1 Å². The van der Waals surface area contributed by atoms with Gasteiger partial charge in [-0.2, -0.15) is 4.98 Å². The number of amides is 1. The molecule has 0 radical (unpaired) electrons. The van der Waals surface area contributed by atoms with Gasteiger partial charge >= 0.3 is 0 Å². The van der Waals surface area contributed by atoms with Gasteiger partial charge in [0.05, 0.1) is 12.2 Å². The largest absolute Gasteiger partial charge is 0.321 e. The van der Waals surface area contributed by atoms with E-state index in [0.717, 1.165) is 10.5 Å². The number of carbonyl (C=O) groups is 1. The van der Waals surface area contributed by atoms with Gasteiger partial charge in [0, 0.05) is 15.5 Å². The van der Waals surface area contributed by atoms with Crippen molar-refractivity contribution in [2.24, 2.45) is 0 Å². The van der Waals surface area contributed by atoms with Gasteiger partial charge in [-0.1, -0.05) is 35.9 Å². The monoisotopic (exact) mass is 472 g/mol. The number of hydrogen-bond donors (Lipinski definition) is 1. The molecule has 0 saturated heterocycles. The van der Waals surface area contributed by atoms with E-state index in [0.29, 0.717) is 28.0 Å². The molecule has 9 heteroatoms. The van der Waals surface area contributed by atoms with E-state index in [1.165, 1.54) is 36.0 Å². The van der Waals surface area contributed by atoms with Crippen molar-refractivity contribution >= 4 is 46.6 Å². The third-order valence-corrected chi connectivity index (χ3v) is 5.77. The Morgan fingerprint density at radius 3 is 2.45 bits per heavy atom. The van der Waals surface area contributed by atoms with Gasteiger partial charge in [0.1, 0.15) is 5.82 Å². The number of halogens is 3. The Labute approximate surface area is 192 Å². The first-order chi connectivity index (χ1) is 15.0. The fourth-order valence-corrected chi connectivity index (χ4v) is 4.06. The Morgan fingerprint density at radius 2 is 1.71 bits per heavy atom. The van der Waals surface area contributed by atoms with Crippen molar-refractivity contribution in [2.75, 3.05) is 5.32 Å². The summed E-state index contributed by atoms with van der Waals surface area (Å²) >= 11 is 13.3. The average Bonchev–Trinajstić information content (AvgIpc) is 3.10. The molecule has 0 atom stereocenters. The fourth-order valence-electron chi connectivity index (χ4n) is 2.80. The molecule has 4 rings (SSSR count). The summed E-state index contributed by atoms with van der Waals surface area (Å²) in [4.78, 5) is 17.6. The van der Waals surface area contributed by atoms with Crippen molar-refractivity contribution in [2.45, 2.75) is 16.6 Å². The summed E-state index contributed by atoms with van der Waals surface area (Å²) in [7, 11) is 0. The Bertz CT molecular complexity index is 1210. The van der Waals surface area contributed by atoms with Crippen LogP contribution in [0.2, 0.25) is 10.3 Å². The summed E-state index contributed by atoms with van der Waals surface area (Å²) in [5.74, 6) is -0.738. The van der Waals surface area contributed by atoms with Crippen molar-refractivity contribution in [3.05, 3.63) is 100 Å². The molecule has 0 unspecified atom stereocenters. The van der Waals surface area contributed by atoms with E-state index in [1.54, 1.807) is 10.7 Å². The normalized spacial score (nSPS) is 10.8. The molecular formula is C22H15Cl2FN4OS. The topological polar surface area (TPSA) is 59.8 Å². The molecule has 3 aromatic carbocycles. The van der Waals surface area contributed by atoms with Crippen LogP contribution in [0, 0.1) is 5.82 Å². The summed E-state index contributed by atoms with van der Waals surface area (Å²) in [5.41, 5.74) is 1.94. The maximum absolute atomic E-state index is 13.1. The molecule has 156 valence electrons. The van der Waals surface area contributed by atoms with Crippen LogP contribution in [-0.2, 0) is 6.54 Å². The van der Waals surface area contributed by atoms with Crippen molar-refractivity contribution in [1.82, 2.24) is 14.8 Å². The second-order valence-electron chi connectivity index (χ2n) is 6.51. The highest BCUT2D eigenvalue weighted by Crippen LogP contribution is 2.33. The predicted octanol–water partition coefficient (Wildman–Crippen LogP) is 6.18. The van der Waals surface area contributed by atoms with Crippen molar-refractivity contribution in [1.29, 1.82) is 0 Å². The number of anilines is 1. The van der Waals surface area contributed by atoms with Crippen molar-refractivity contribution in [3.8, 4) is 0 Å². The standard InChI is InChI=1S/C22H15Cl2FN4OS/c23-16-9-5-14(6-10-16)13-29-22(27-21(24)28-29)31-19-4-2-1-3-18(19)26-20(30)15-7-11-17(25)12-8-15/h1-12H,13H2,(H,26,30). The summed E-state index contributed by atoms with van der Waals surface area (Å²) < 4.78 is 14.8. The Balaban J connectivity index is 1.56. The number of carbonyl (C=O) groups excluding carboxylic acids is 1. The molecule has 0 aliphatic carbocycles. The molecule has 0 aliphatic heterocycles. The lowest BCUT2D eigenvalue weighted by Crippen LogP contribution is -2.12. The molecular weight excluding hydrogens is 458 g/mol. The van der Waals surface area contributed by atoms with E-state index in [9.17, 15) is 9.18 Å². The highest BCUT2D eigenvalue weighted by atomic mass is 35.5. The van der Waals surface area contributed by atoms with Gasteiger partial charge in [0.2, 0.25) is 5.28 Å². The van der Waals surface area contributed by atoms with Crippen LogP contribution in [0.5, 0.6) is 0 Å². The van der Waals surface area contributed by atoms with Gasteiger partial charge in [0.25, 0.3) is 5.91 Å². The quantitative estimate of drug-likeness (QED) is 0.364. The minimum atomic E-state index is -0.399. The number of aromatic nitrogens is 3. The second kappa shape index (κ2) is 9.51. The average molecular weight is 473 g/mol. The molecule has 1 aromatic heterocycles. The summed E-state index contributed by atoms with van der Waals surface area (Å²) in [6.45, 7) is 0.462. The van der Waals surface area contributed by atoms with E-state index in [-0.39, 0.29) is 11.2 Å². The van der Waals surface area contributed by atoms with Crippen LogP contribution in [0.25, 0.3) is 0 Å². The minimum absolute atomic E-state index is 0.129. The summed E-state index contributed by atoms with van der Waals surface area (Å²) in [6, 6.07) is 20.1. The van der Waals surface area contributed by atoms with Crippen LogP contribution in [0.3, 0.4) is 0 Å². The van der Waals surface area contributed by atoms with Crippen LogP contribution in [0.15, 0.2) is 82.8 Å². The van der Waals surface area contributed by atoms with Crippen molar-refractivity contribution in [3.63, 3.8) is 0 Å². The van der Waals surface area contributed by atoms with Gasteiger partial charge < -0.3 is 5.32 Å². The molecule has 0 aliphatic rings. The molecule has 4 aromatic rings. The van der Waals surface area contributed by atoms with Crippen LogP contribution in [0.1, 0.15) is 15.9 Å². The lowest BCUT2D eigenvalue weighted by Gasteiger charge is -2.11. The molecule has 1 amide bonds. The first-order valence-electron chi connectivity index (χ1n) is 9.16. The van der Waals surface area contributed by atoms with Gasteiger partial charge in [-0.25, -0.2) is 9.07 Å². The lowest BCUT2D eigenvalue weighted by atomic mass is 10.2. The van der Waals surface area contributed by atoms with Gasteiger partial charge in [0.15, 0.2) is 5.16 Å². The van der Waals surface area contributed by atoms with E-state index < -0.39 is 5.82 Å². The maximum Gasteiger partial charge on any atom is 0.255 e. The molecule has 0 spiro atoms. The summed E-state index contributed by atoms with van der Waals surface area (Å²) in [5, 5.41) is 8.48. The van der Waals surface area contributed by atoms with E-state index in [4.69, 9.17) is 23.2 Å². The van der Waals surface area contributed by atoms with E-state index in [1.807, 2.05) is 42.5 Å². The van der Waals surface area contributed by atoms with Gasteiger partial charge in [-0.3, -0.25) is 4.79 Å². The smallest absolute Gasteiger partial charge is 0.255 e. The third kappa shape index (κ3) is 5.44. The maximum atomic E-state index is 13.1. The lowest BCUT2D eigenvalue weighted by molar-refractivity contribution is 0.102. The summed E-state index contributed by atoms with van der Waals surface area (Å²) in [6.07, 6.45) is 0. The number of hydrogen-bond acceptors (Lipinski definition) is 4. The second-order valence-corrected chi connectivity index (χ2v) is 8.29. The van der Waals surface area contributed by atoms with Crippen LogP contribution >= 0.6 is 35.0 Å². The third-order valence-electron chi connectivity index (χ3n) is 4.30. The zero-order valence-corrected chi connectivity index (χ0v) is 18.3. The SMILES string of the molecule is O=C(Nc1ccccc1Sc1nc(Cl)nn1Cc1ccc(Cl)cc1)c1ccc(F)cc1. The predicted molar refractivity (Wildman–Crippen MR) is 121 cm³/mol. The molecule has 5 nitrogen and oxygen atoms in total. The van der Waals surface area contributed by atoms with Crippen LogP contribution < -0.4 is 5.32 Å². The molecule has 1 N–H and O–H groups in total. The molecule has 0 fully saturated rings. The van der Waals surface area contributed by atoms with E-state index in [2.05, 4.69) is 15.4 Å². The Morgan fingerprint density at radius 1 is 1.00 bits per heavy atom. The number of nitrogens with zero attached hydrogens (tertiary/aromatic N) is 3. The Hall–Kier alpha value is -2.87. The zero-order chi connectivity index (χ0) is 21.8. The fraction of sp³-hybridized carbons (Fsp3) is 0.0455. The molecule has 0 saturated carbocycles. The van der Waals surface area contributed by atoms with Crippen molar-refractivity contribution < 1.29 is 9.18 Å². The van der Waals surface area contributed by atoms with Gasteiger partial charge in [-0.15, -0.1) is 5.10 Å². The minimum Gasteiger partial charge on any atom is -0.321 e. The Kier molecular flexibility index (Phi) is 6.56. The zero-order valence-electron chi connectivity index (χ0n) is 15.9. The first kappa shape index (κ1) is 21.4. The number of rotatable bonds is 6. The number of benzene rings is 3. The molecule has 0 bridgehead atoms. The first-order valence-corrected chi connectivity index (χ1v) is 10.7. The molecule has 1 heterocycles. The number of para-hydroxylation sites is 1. The number of nitrogens with one attached hydrogen (secondary N) is 1. The highest BCUT2D eigenvalue weighted by molar-refractivity contribution is 7.99. The van der Waals surface area contributed by atoms with Crippen LogP contribution in [-0.4, -0.2) is 20.7 Å². The van der Waals surface area contributed by atoms with Gasteiger partial charge in [-0.05, 0) is 77.5 Å². The van der Waals surface area contributed by atoms with E-state index >= 15 is 0 Å². The molecule has 31 heavy (non-hydrogen) atoms. The highest BCUT2D eigenvalue weighted by Gasteiger charge is 2.15.